The molecular weight excluding hydrogens is 220 g/mol. The van der Waals surface area contributed by atoms with Crippen molar-refractivity contribution in [2.75, 3.05) is 32.7 Å². The minimum absolute atomic E-state index is 0.498. The minimum Gasteiger partial charge on any atom is -0.316 e. The van der Waals surface area contributed by atoms with E-state index >= 15 is 0 Å². The summed E-state index contributed by atoms with van der Waals surface area (Å²) in [5, 5.41) is 3.65. The maximum Gasteiger partial charge on any atom is 0.00501 e. The molecule has 1 aliphatic heterocycles. The van der Waals surface area contributed by atoms with Crippen molar-refractivity contribution in [2.45, 2.75) is 59.8 Å². The molecule has 1 aliphatic rings. The highest BCUT2D eigenvalue weighted by Crippen LogP contribution is 2.30. The standard InChI is InChI=1S/C16H34N2/c1-5-10-17-13-16(7-3,8-4)14-18-11-9-15(6-2)12-18/h15,17H,5-14H2,1-4H3. The van der Waals surface area contributed by atoms with Crippen LogP contribution in [0.3, 0.4) is 0 Å². The highest BCUT2D eigenvalue weighted by Gasteiger charge is 2.31. The van der Waals surface area contributed by atoms with Gasteiger partial charge in [-0.25, -0.2) is 0 Å². The van der Waals surface area contributed by atoms with Crippen LogP contribution in [0.25, 0.3) is 0 Å². The zero-order chi connectivity index (χ0) is 13.4. The fourth-order valence-electron chi connectivity index (χ4n) is 3.17. The molecule has 0 saturated carbocycles. The molecular formula is C16H34N2. The first kappa shape index (κ1) is 16.0. The van der Waals surface area contributed by atoms with Gasteiger partial charge in [-0.15, -0.1) is 0 Å². The first-order valence-corrected chi connectivity index (χ1v) is 8.12. The second-order valence-corrected chi connectivity index (χ2v) is 6.18. The van der Waals surface area contributed by atoms with Crippen molar-refractivity contribution in [1.82, 2.24) is 10.2 Å². The maximum absolute atomic E-state index is 3.65. The molecule has 0 aromatic carbocycles. The zero-order valence-electron chi connectivity index (χ0n) is 13.1. The van der Waals surface area contributed by atoms with Crippen molar-refractivity contribution >= 4 is 0 Å². The predicted octanol–water partition coefficient (Wildman–Crippen LogP) is 3.52. The van der Waals surface area contributed by atoms with Crippen LogP contribution in [0.1, 0.15) is 59.8 Å². The maximum atomic E-state index is 3.65. The van der Waals surface area contributed by atoms with Gasteiger partial charge in [0.2, 0.25) is 0 Å². The van der Waals surface area contributed by atoms with Crippen molar-refractivity contribution < 1.29 is 0 Å². The van der Waals surface area contributed by atoms with E-state index in [2.05, 4.69) is 37.9 Å². The van der Waals surface area contributed by atoms with Gasteiger partial charge in [0.1, 0.15) is 0 Å². The molecule has 0 aliphatic carbocycles. The summed E-state index contributed by atoms with van der Waals surface area (Å²) >= 11 is 0. The summed E-state index contributed by atoms with van der Waals surface area (Å²) in [6.45, 7) is 15.6. The van der Waals surface area contributed by atoms with E-state index in [0.717, 1.165) is 5.92 Å². The van der Waals surface area contributed by atoms with E-state index in [1.807, 2.05) is 0 Å². The van der Waals surface area contributed by atoms with E-state index in [1.165, 1.54) is 64.8 Å². The van der Waals surface area contributed by atoms with Crippen LogP contribution in [0.2, 0.25) is 0 Å². The van der Waals surface area contributed by atoms with Crippen molar-refractivity contribution in [2.24, 2.45) is 11.3 Å². The van der Waals surface area contributed by atoms with E-state index < -0.39 is 0 Å². The number of hydrogen-bond acceptors (Lipinski definition) is 2. The lowest BCUT2D eigenvalue weighted by atomic mass is 9.81. The molecule has 0 amide bonds. The van der Waals surface area contributed by atoms with Crippen LogP contribution in [-0.2, 0) is 0 Å². The van der Waals surface area contributed by atoms with Crippen molar-refractivity contribution in [3.8, 4) is 0 Å². The Labute approximate surface area is 115 Å². The molecule has 1 fully saturated rings. The van der Waals surface area contributed by atoms with Gasteiger partial charge in [-0.1, -0.05) is 34.1 Å². The van der Waals surface area contributed by atoms with Crippen LogP contribution < -0.4 is 5.32 Å². The molecule has 1 N–H and O–H groups in total. The highest BCUT2D eigenvalue weighted by atomic mass is 15.2. The van der Waals surface area contributed by atoms with Crippen molar-refractivity contribution in [1.29, 1.82) is 0 Å². The summed E-state index contributed by atoms with van der Waals surface area (Å²) in [7, 11) is 0. The second kappa shape index (κ2) is 8.16. The molecule has 18 heavy (non-hydrogen) atoms. The average Bonchev–Trinajstić information content (AvgIpc) is 2.85. The fourth-order valence-corrected chi connectivity index (χ4v) is 3.17. The molecule has 0 aromatic heterocycles. The molecule has 1 saturated heterocycles. The normalized spacial score (nSPS) is 21.7. The van der Waals surface area contributed by atoms with E-state index in [9.17, 15) is 0 Å². The summed E-state index contributed by atoms with van der Waals surface area (Å²) in [6.07, 6.45) is 6.62. The number of rotatable bonds is 9. The molecule has 1 heterocycles. The Bertz CT molecular complexity index is 211. The van der Waals surface area contributed by atoms with Crippen LogP contribution in [0.5, 0.6) is 0 Å². The molecule has 108 valence electrons. The van der Waals surface area contributed by atoms with Gasteiger partial charge in [0, 0.05) is 19.6 Å². The van der Waals surface area contributed by atoms with Gasteiger partial charge in [-0.3, -0.25) is 0 Å². The Hall–Kier alpha value is -0.0800. The monoisotopic (exact) mass is 254 g/mol. The predicted molar refractivity (Wildman–Crippen MR) is 81.0 cm³/mol. The van der Waals surface area contributed by atoms with Crippen LogP contribution >= 0.6 is 0 Å². The summed E-state index contributed by atoms with van der Waals surface area (Å²) in [4.78, 5) is 2.72. The molecule has 0 bridgehead atoms. The largest absolute Gasteiger partial charge is 0.316 e. The second-order valence-electron chi connectivity index (χ2n) is 6.18. The molecule has 1 unspecified atom stereocenters. The SMILES string of the molecule is CCCNCC(CC)(CC)CN1CCC(CC)C1. The Kier molecular flexibility index (Phi) is 7.25. The molecule has 0 spiro atoms. The summed E-state index contributed by atoms with van der Waals surface area (Å²) in [6, 6.07) is 0. The van der Waals surface area contributed by atoms with Crippen molar-refractivity contribution in [3.63, 3.8) is 0 Å². The first-order valence-electron chi connectivity index (χ1n) is 8.12. The van der Waals surface area contributed by atoms with E-state index in [4.69, 9.17) is 0 Å². The number of nitrogens with one attached hydrogen (secondary N) is 1. The number of nitrogens with zero attached hydrogens (tertiary/aromatic N) is 1. The number of likely N-dealkylation sites (tertiary alicyclic amines) is 1. The number of hydrogen-bond donors (Lipinski definition) is 1. The van der Waals surface area contributed by atoms with Gasteiger partial charge < -0.3 is 10.2 Å². The first-order chi connectivity index (χ1) is 8.69. The van der Waals surface area contributed by atoms with Gasteiger partial charge >= 0.3 is 0 Å². The fraction of sp³-hybridized carbons (Fsp3) is 1.00. The summed E-state index contributed by atoms with van der Waals surface area (Å²) < 4.78 is 0. The third-order valence-electron chi connectivity index (χ3n) is 4.93. The Morgan fingerprint density at radius 3 is 2.39 bits per heavy atom. The van der Waals surface area contributed by atoms with Gasteiger partial charge in [0.25, 0.3) is 0 Å². The van der Waals surface area contributed by atoms with Gasteiger partial charge in [0.15, 0.2) is 0 Å². The molecule has 2 heteroatoms. The lowest BCUT2D eigenvalue weighted by Crippen LogP contribution is -2.43. The molecule has 1 atom stereocenters. The van der Waals surface area contributed by atoms with Crippen LogP contribution in [0.15, 0.2) is 0 Å². The Morgan fingerprint density at radius 2 is 1.89 bits per heavy atom. The van der Waals surface area contributed by atoms with Gasteiger partial charge in [0.05, 0.1) is 0 Å². The molecule has 2 nitrogen and oxygen atoms in total. The smallest absolute Gasteiger partial charge is 0.00501 e. The minimum atomic E-state index is 0.498. The third-order valence-corrected chi connectivity index (χ3v) is 4.93. The molecule has 0 radical (unpaired) electrons. The Morgan fingerprint density at radius 1 is 1.17 bits per heavy atom. The Balaban J connectivity index is 2.45. The molecule has 1 rings (SSSR count). The van der Waals surface area contributed by atoms with Crippen LogP contribution in [-0.4, -0.2) is 37.6 Å². The lowest BCUT2D eigenvalue weighted by Gasteiger charge is -2.36. The van der Waals surface area contributed by atoms with Gasteiger partial charge in [-0.2, -0.15) is 0 Å². The zero-order valence-corrected chi connectivity index (χ0v) is 13.1. The van der Waals surface area contributed by atoms with Crippen LogP contribution in [0, 0.1) is 11.3 Å². The highest BCUT2D eigenvalue weighted by molar-refractivity contribution is 4.86. The molecule has 0 aromatic rings. The van der Waals surface area contributed by atoms with Gasteiger partial charge in [-0.05, 0) is 50.1 Å². The third kappa shape index (κ3) is 4.55. The van der Waals surface area contributed by atoms with E-state index in [1.54, 1.807) is 0 Å². The lowest BCUT2D eigenvalue weighted by molar-refractivity contribution is 0.151. The quantitative estimate of drug-likeness (QED) is 0.633. The topological polar surface area (TPSA) is 15.3 Å². The summed E-state index contributed by atoms with van der Waals surface area (Å²) in [5.74, 6) is 0.958. The van der Waals surface area contributed by atoms with Crippen LogP contribution in [0.4, 0.5) is 0 Å². The van der Waals surface area contributed by atoms with E-state index in [-0.39, 0.29) is 0 Å². The average molecular weight is 254 g/mol. The summed E-state index contributed by atoms with van der Waals surface area (Å²) in [5.41, 5.74) is 0.498. The van der Waals surface area contributed by atoms with E-state index in [0.29, 0.717) is 5.41 Å². The van der Waals surface area contributed by atoms with Crippen molar-refractivity contribution in [3.05, 3.63) is 0 Å².